The maximum Gasteiger partial charge on any atom is 0.407 e. The molecule has 3 rings (SSSR count). The van der Waals surface area contributed by atoms with Crippen LogP contribution in [0.1, 0.15) is 24.8 Å². The third-order valence-corrected chi connectivity index (χ3v) is 4.35. The normalized spacial score (nSPS) is 24.8. The zero-order valence-corrected chi connectivity index (χ0v) is 12.9. The Labute approximate surface area is 132 Å². The lowest BCUT2D eigenvalue weighted by atomic mass is 9.93. The summed E-state index contributed by atoms with van der Waals surface area (Å²) in [6.07, 6.45) is 3.31. The van der Waals surface area contributed by atoms with Crippen molar-refractivity contribution in [1.82, 2.24) is 10.6 Å². The van der Waals surface area contributed by atoms with Gasteiger partial charge in [0.25, 0.3) is 0 Å². The van der Waals surface area contributed by atoms with Crippen molar-refractivity contribution in [2.24, 2.45) is 11.8 Å². The molecular weight excluding hydrogens is 288 g/mol. The van der Waals surface area contributed by atoms with Crippen LogP contribution >= 0.6 is 12.4 Å². The van der Waals surface area contributed by atoms with E-state index >= 15 is 0 Å². The standard InChI is InChI=1S/C16H22N2O2.ClH/c19-16(20-11-12-4-2-1-3-5-12)18-15-10-14(15)13-6-8-17-9-7-13;/h1-5,13-15,17H,6-11H2,(H,18,19);1H. The molecule has 2 atom stereocenters. The minimum Gasteiger partial charge on any atom is -0.445 e. The first kappa shape index (κ1) is 16.1. The van der Waals surface area contributed by atoms with Crippen LogP contribution in [0.4, 0.5) is 4.79 Å². The summed E-state index contributed by atoms with van der Waals surface area (Å²) in [5, 5.41) is 6.37. The molecule has 1 aromatic rings. The number of carbonyl (C=O) groups excluding carboxylic acids is 1. The maximum atomic E-state index is 11.7. The van der Waals surface area contributed by atoms with Gasteiger partial charge in [-0.3, -0.25) is 0 Å². The Morgan fingerprint density at radius 2 is 1.95 bits per heavy atom. The second-order valence-electron chi connectivity index (χ2n) is 5.80. The molecule has 21 heavy (non-hydrogen) atoms. The van der Waals surface area contributed by atoms with E-state index in [0.717, 1.165) is 31.0 Å². The fourth-order valence-electron chi connectivity index (χ4n) is 3.09. The Hall–Kier alpha value is -1.26. The molecule has 116 valence electrons. The van der Waals surface area contributed by atoms with Gasteiger partial charge in [0, 0.05) is 6.04 Å². The molecule has 0 bridgehead atoms. The molecule has 0 radical (unpaired) electrons. The Morgan fingerprint density at radius 3 is 2.67 bits per heavy atom. The van der Waals surface area contributed by atoms with E-state index in [-0.39, 0.29) is 18.5 Å². The highest BCUT2D eigenvalue weighted by Gasteiger charge is 2.44. The number of carbonyl (C=O) groups is 1. The van der Waals surface area contributed by atoms with Gasteiger partial charge in [0.1, 0.15) is 6.61 Å². The van der Waals surface area contributed by atoms with Crippen molar-refractivity contribution in [2.45, 2.75) is 31.9 Å². The smallest absolute Gasteiger partial charge is 0.407 e. The van der Waals surface area contributed by atoms with Crippen molar-refractivity contribution in [2.75, 3.05) is 13.1 Å². The third-order valence-electron chi connectivity index (χ3n) is 4.35. The van der Waals surface area contributed by atoms with Crippen LogP contribution in [0.2, 0.25) is 0 Å². The number of halogens is 1. The quantitative estimate of drug-likeness (QED) is 0.899. The number of alkyl carbamates (subject to hydrolysis) is 1. The van der Waals surface area contributed by atoms with Crippen LogP contribution in [-0.2, 0) is 11.3 Å². The van der Waals surface area contributed by atoms with Crippen LogP contribution in [0.15, 0.2) is 30.3 Å². The van der Waals surface area contributed by atoms with E-state index in [1.807, 2.05) is 30.3 Å². The van der Waals surface area contributed by atoms with Crippen LogP contribution in [0.3, 0.4) is 0 Å². The predicted molar refractivity (Wildman–Crippen MR) is 84.5 cm³/mol. The van der Waals surface area contributed by atoms with Crippen molar-refractivity contribution in [3.8, 4) is 0 Å². The maximum absolute atomic E-state index is 11.7. The minimum absolute atomic E-state index is 0. The number of ether oxygens (including phenoxy) is 1. The fraction of sp³-hybridized carbons (Fsp3) is 0.562. The summed E-state index contributed by atoms with van der Waals surface area (Å²) < 4.78 is 5.25. The second-order valence-corrected chi connectivity index (χ2v) is 5.80. The summed E-state index contributed by atoms with van der Waals surface area (Å²) >= 11 is 0. The van der Waals surface area contributed by atoms with Gasteiger partial charge in [0.15, 0.2) is 0 Å². The zero-order valence-electron chi connectivity index (χ0n) is 12.1. The van der Waals surface area contributed by atoms with Gasteiger partial charge in [-0.25, -0.2) is 4.79 Å². The van der Waals surface area contributed by atoms with Gasteiger partial charge in [0.2, 0.25) is 0 Å². The van der Waals surface area contributed by atoms with Crippen molar-refractivity contribution >= 4 is 18.5 Å². The Bertz CT molecular complexity index is 449. The van der Waals surface area contributed by atoms with Gasteiger partial charge in [-0.2, -0.15) is 0 Å². The lowest BCUT2D eigenvalue weighted by molar-refractivity contribution is 0.138. The predicted octanol–water partition coefficient (Wildman–Crippen LogP) is 2.72. The first-order chi connectivity index (χ1) is 9.83. The molecule has 1 aliphatic heterocycles. The number of piperidine rings is 1. The molecule has 1 aromatic carbocycles. The summed E-state index contributed by atoms with van der Waals surface area (Å²) in [5.74, 6) is 1.44. The third kappa shape index (κ3) is 4.61. The SMILES string of the molecule is Cl.O=C(NC1CC1C1CCNCC1)OCc1ccccc1. The molecule has 0 aromatic heterocycles. The Kier molecular flexibility index (Phi) is 5.88. The van der Waals surface area contributed by atoms with Gasteiger partial charge in [-0.05, 0) is 49.8 Å². The Balaban J connectivity index is 0.00000161. The van der Waals surface area contributed by atoms with Crippen LogP contribution in [0.5, 0.6) is 0 Å². The summed E-state index contributed by atoms with van der Waals surface area (Å²) in [6, 6.07) is 10.1. The number of hydrogen-bond acceptors (Lipinski definition) is 3. The molecule has 2 aliphatic rings. The van der Waals surface area contributed by atoms with E-state index < -0.39 is 0 Å². The summed E-state index contributed by atoms with van der Waals surface area (Å²) in [4.78, 5) is 11.7. The van der Waals surface area contributed by atoms with E-state index in [9.17, 15) is 4.79 Å². The molecule has 5 heteroatoms. The molecular formula is C16H23ClN2O2. The average molecular weight is 311 g/mol. The zero-order chi connectivity index (χ0) is 13.8. The van der Waals surface area contributed by atoms with E-state index in [1.54, 1.807) is 0 Å². The summed E-state index contributed by atoms with van der Waals surface area (Å²) in [5.41, 5.74) is 1.02. The molecule has 0 spiro atoms. The van der Waals surface area contributed by atoms with Gasteiger partial charge in [-0.15, -0.1) is 12.4 Å². The number of nitrogens with one attached hydrogen (secondary N) is 2. The Morgan fingerprint density at radius 1 is 1.24 bits per heavy atom. The van der Waals surface area contributed by atoms with Crippen LogP contribution in [0, 0.1) is 11.8 Å². The van der Waals surface area contributed by atoms with Crippen molar-refractivity contribution in [3.05, 3.63) is 35.9 Å². The van der Waals surface area contributed by atoms with Gasteiger partial charge in [0.05, 0.1) is 0 Å². The molecule has 2 fully saturated rings. The van der Waals surface area contributed by atoms with E-state index in [0.29, 0.717) is 18.6 Å². The number of amides is 1. The van der Waals surface area contributed by atoms with E-state index in [2.05, 4.69) is 10.6 Å². The van der Waals surface area contributed by atoms with Crippen molar-refractivity contribution < 1.29 is 9.53 Å². The van der Waals surface area contributed by atoms with Gasteiger partial charge in [-0.1, -0.05) is 30.3 Å². The van der Waals surface area contributed by atoms with Crippen LogP contribution < -0.4 is 10.6 Å². The van der Waals surface area contributed by atoms with Gasteiger partial charge < -0.3 is 15.4 Å². The highest BCUT2D eigenvalue weighted by Crippen LogP contribution is 2.41. The molecule has 1 aliphatic carbocycles. The second kappa shape index (κ2) is 7.66. The average Bonchev–Trinajstić information content (AvgIpc) is 3.26. The molecule has 1 heterocycles. The van der Waals surface area contributed by atoms with Crippen molar-refractivity contribution in [3.63, 3.8) is 0 Å². The first-order valence-corrected chi connectivity index (χ1v) is 7.51. The molecule has 1 saturated carbocycles. The lowest BCUT2D eigenvalue weighted by Gasteiger charge is -2.22. The molecule has 1 amide bonds. The molecule has 4 nitrogen and oxygen atoms in total. The monoisotopic (exact) mass is 310 g/mol. The van der Waals surface area contributed by atoms with E-state index in [4.69, 9.17) is 4.74 Å². The number of hydrogen-bond donors (Lipinski definition) is 2. The highest BCUT2D eigenvalue weighted by atomic mass is 35.5. The topological polar surface area (TPSA) is 50.4 Å². The van der Waals surface area contributed by atoms with Crippen molar-refractivity contribution in [1.29, 1.82) is 0 Å². The first-order valence-electron chi connectivity index (χ1n) is 7.51. The van der Waals surface area contributed by atoms with E-state index in [1.165, 1.54) is 12.8 Å². The summed E-state index contributed by atoms with van der Waals surface area (Å²) in [7, 11) is 0. The van der Waals surface area contributed by atoms with Crippen LogP contribution in [-0.4, -0.2) is 25.2 Å². The molecule has 2 unspecified atom stereocenters. The highest BCUT2D eigenvalue weighted by molar-refractivity contribution is 5.85. The minimum atomic E-state index is -0.282. The number of rotatable bonds is 4. The largest absolute Gasteiger partial charge is 0.445 e. The van der Waals surface area contributed by atoms with Gasteiger partial charge >= 0.3 is 6.09 Å². The van der Waals surface area contributed by atoms with Crippen LogP contribution in [0.25, 0.3) is 0 Å². The fourth-order valence-corrected chi connectivity index (χ4v) is 3.09. The molecule has 1 saturated heterocycles. The number of benzene rings is 1. The molecule has 2 N–H and O–H groups in total. The lowest BCUT2D eigenvalue weighted by Crippen LogP contribution is -2.32. The summed E-state index contributed by atoms with van der Waals surface area (Å²) in [6.45, 7) is 2.58.